The minimum atomic E-state index is -0.476. The molecule has 2 aromatic carbocycles. The third kappa shape index (κ3) is 5.44. The summed E-state index contributed by atoms with van der Waals surface area (Å²) in [4.78, 5) is 12.0. The number of carbonyl (C=O) groups excluding carboxylic acids is 1. The summed E-state index contributed by atoms with van der Waals surface area (Å²) in [6.45, 7) is 6.18. The van der Waals surface area contributed by atoms with Crippen molar-refractivity contribution in [2.24, 2.45) is 5.73 Å². The molecule has 0 saturated heterocycles. The maximum atomic E-state index is 12.0. The lowest BCUT2D eigenvalue weighted by Crippen LogP contribution is -2.39. The molecule has 0 spiro atoms. The fraction of sp³-hybridized carbons (Fsp3) is 0.348. The number of rotatable bonds is 4. The van der Waals surface area contributed by atoms with Gasteiger partial charge in [-0.1, -0.05) is 54.6 Å². The number of nitrogens with two attached hydrogens (primary N) is 1. The van der Waals surface area contributed by atoms with Gasteiger partial charge in [0.25, 0.3) is 0 Å². The molecule has 142 valence electrons. The molecule has 0 saturated carbocycles. The third-order valence-electron chi connectivity index (χ3n) is 4.57. The number of amides is 1. The summed E-state index contributed by atoms with van der Waals surface area (Å²) in [6.07, 6.45) is 5.56. The van der Waals surface area contributed by atoms with Gasteiger partial charge in [0.15, 0.2) is 0 Å². The zero-order chi connectivity index (χ0) is 19.4. The lowest BCUT2D eigenvalue weighted by Gasteiger charge is -2.21. The normalized spacial score (nSPS) is 16.4. The predicted molar refractivity (Wildman–Crippen MR) is 110 cm³/mol. The molecule has 1 aliphatic carbocycles. The topological polar surface area (TPSA) is 64.3 Å². The van der Waals surface area contributed by atoms with Crippen LogP contribution in [0.4, 0.5) is 4.79 Å². The van der Waals surface area contributed by atoms with Gasteiger partial charge in [0.1, 0.15) is 5.60 Å². The lowest BCUT2D eigenvalue weighted by molar-refractivity contribution is 0.0506. The Kier molecular flexibility index (Phi) is 5.66. The number of alkyl carbamates (subject to hydrolysis) is 1. The summed E-state index contributed by atoms with van der Waals surface area (Å²) < 4.78 is 5.36. The standard InChI is InChI=1S/C23H28N2O2/c1-23(2,3)27-22(26)25-21-13-19-11-10-17(12-20(19)14-21)7-4-16-5-8-18(15-24)9-6-16/h4-12,21H,13-15,24H2,1-3H3,(H,25,26)/b7-4+. The Labute approximate surface area is 161 Å². The van der Waals surface area contributed by atoms with Gasteiger partial charge in [0.2, 0.25) is 0 Å². The summed E-state index contributed by atoms with van der Waals surface area (Å²) in [5.74, 6) is 0. The monoisotopic (exact) mass is 364 g/mol. The highest BCUT2D eigenvalue weighted by Crippen LogP contribution is 2.25. The molecule has 4 heteroatoms. The second-order valence-corrected chi connectivity index (χ2v) is 8.06. The van der Waals surface area contributed by atoms with Gasteiger partial charge in [-0.3, -0.25) is 0 Å². The highest BCUT2D eigenvalue weighted by Gasteiger charge is 2.25. The molecule has 1 atom stereocenters. The van der Waals surface area contributed by atoms with Crippen LogP contribution in [0.25, 0.3) is 12.2 Å². The van der Waals surface area contributed by atoms with Gasteiger partial charge in [-0.2, -0.15) is 0 Å². The van der Waals surface area contributed by atoms with E-state index < -0.39 is 5.60 Å². The van der Waals surface area contributed by atoms with Crippen LogP contribution in [0.2, 0.25) is 0 Å². The first kappa shape index (κ1) is 19.2. The summed E-state index contributed by atoms with van der Waals surface area (Å²) in [5, 5.41) is 2.98. The van der Waals surface area contributed by atoms with Crippen LogP contribution in [0.1, 0.15) is 48.6 Å². The molecule has 1 unspecified atom stereocenters. The number of hydrogen-bond donors (Lipinski definition) is 2. The number of hydrogen-bond acceptors (Lipinski definition) is 3. The molecule has 2 aromatic rings. The Morgan fingerprint density at radius 3 is 2.37 bits per heavy atom. The van der Waals surface area contributed by atoms with Crippen LogP contribution in [0.15, 0.2) is 42.5 Å². The molecular weight excluding hydrogens is 336 g/mol. The predicted octanol–water partition coefficient (Wildman–Crippen LogP) is 4.31. The molecule has 27 heavy (non-hydrogen) atoms. The average Bonchev–Trinajstić information content (AvgIpc) is 2.99. The Hall–Kier alpha value is -2.59. The van der Waals surface area contributed by atoms with E-state index >= 15 is 0 Å². The van der Waals surface area contributed by atoms with Crippen LogP contribution < -0.4 is 11.1 Å². The highest BCUT2D eigenvalue weighted by molar-refractivity contribution is 5.71. The fourth-order valence-electron chi connectivity index (χ4n) is 3.28. The van der Waals surface area contributed by atoms with Crippen LogP contribution in [-0.2, 0) is 24.1 Å². The molecule has 3 rings (SSSR count). The largest absolute Gasteiger partial charge is 0.444 e. The Morgan fingerprint density at radius 2 is 1.70 bits per heavy atom. The first-order chi connectivity index (χ1) is 12.8. The van der Waals surface area contributed by atoms with Crippen LogP contribution in [0, 0.1) is 0 Å². The van der Waals surface area contributed by atoms with Gasteiger partial charge in [-0.15, -0.1) is 0 Å². The van der Waals surface area contributed by atoms with Crippen molar-refractivity contribution in [2.45, 2.75) is 51.8 Å². The van der Waals surface area contributed by atoms with Gasteiger partial charge >= 0.3 is 6.09 Å². The summed E-state index contributed by atoms with van der Waals surface area (Å²) >= 11 is 0. The van der Waals surface area contributed by atoms with E-state index in [-0.39, 0.29) is 12.1 Å². The number of fused-ring (bicyclic) bond motifs is 1. The molecule has 0 radical (unpaired) electrons. The SMILES string of the molecule is CC(C)(C)OC(=O)NC1Cc2ccc(/C=C/c3ccc(CN)cc3)cc2C1. The van der Waals surface area contributed by atoms with Gasteiger partial charge in [-0.05, 0) is 61.4 Å². The van der Waals surface area contributed by atoms with Crippen LogP contribution in [-0.4, -0.2) is 17.7 Å². The number of nitrogens with one attached hydrogen (secondary N) is 1. The zero-order valence-electron chi connectivity index (χ0n) is 16.3. The van der Waals surface area contributed by atoms with Gasteiger partial charge in [0.05, 0.1) is 0 Å². The van der Waals surface area contributed by atoms with E-state index in [1.54, 1.807) is 0 Å². The molecule has 3 N–H and O–H groups in total. The molecule has 0 aromatic heterocycles. The van der Waals surface area contributed by atoms with E-state index in [1.165, 1.54) is 11.1 Å². The summed E-state index contributed by atoms with van der Waals surface area (Å²) in [7, 11) is 0. The van der Waals surface area contributed by atoms with Crippen molar-refractivity contribution < 1.29 is 9.53 Å². The van der Waals surface area contributed by atoms with E-state index in [0.29, 0.717) is 6.54 Å². The quantitative estimate of drug-likeness (QED) is 0.795. The smallest absolute Gasteiger partial charge is 0.407 e. The van der Waals surface area contributed by atoms with Crippen molar-refractivity contribution in [1.29, 1.82) is 0 Å². The van der Waals surface area contributed by atoms with Crippen LogP contribution in [0.5, 0.6) is 0 Å². The van der Waals surface area contributed by atoms with Crippen LogP contribution in [0.3, 0.4) is 0 Å². The highest BCUT2D eigenvalue weighted by atomic mass is 16.6. The minimum absolute atomic E-state index is 0.0953. The minimum Gasteiger partial charge on any atom is -0.444 e. The van der Waals surface area contributed by atoms with E-state index in [1.807, 2.05) is 20.8 Å². The van der Waals surface area contributed by atoms with Gasteiger partial charge < -0.3 is 15.8 Å². The van der Waals surface area contributed by atoms with E-state index in [4.69, 9.17) is 10.5 Å². The summed E-state index contributed by atoms with van der Waals surface area (Å²) in [5.41, 5.74) is 11.2. The van der Waals surface area contributed by atoms with Crippen molar-refractivity contribution in [3.05, 3.63) is 70.3 Å². The number of carbonyl (C=O) groups is 1. The maximum absolute atomic E-state index is 12.0. The summed E-state index contributed by atoms with van der Waals surface area (Å²) in [6, 6.07) is 14.8. The van der Waals surface area contributed by atoms with Gasteiger partial charge in [0, 0.05) is 12.6 Å². The molecule has 1 amide bonds. The van der Waals surface area contributed by atoms with Crippen molar-refractivity contribution in [1.82, 2.24) is 5.32 Å². The molecular formula is C23H28N2O2. The maximum Gasteiger partial charge on any atom is 0.407 e. The Morgan fingerprint density at radius 1 is 1.07 bits per heavy atom. The lowest BCUT2D eigenvalue weighted by atomic mass is 10.0. The Balaban J connectivity index is 1.62. The molecule has 1 aliphatic rings. The molecule has 4 nitrogen and oxygen atoms in total. The Bertz CT molecular complexity index is 832. The van der Waals surface area contributed by atoms with Crippen molar-refractivity contribution in [3.63, 3.8) is 0 Å². The fourth-order valence-corrected chi connectivity index (χ4v) is 3.28. The number of benzene rings is 2. The average molecular weight is 364 g/mol. The first-order valence-electron chi connectivity index (χ1n) is 9.41. The second-order valence-electron chi connectivity index (χ2n) is 8.06. The number of ether oxygens (including phenoxy) is 1. The zero-order valence-corrected chi connectivity index (χ0v) is 16.3. The van der Waals surface area contributed by atoms with Crippen molar-refractivity contribution >= 4 is 18.2 Å². The second kappa shape index (κ2) is 7.97. The van der Waals surface area contributed by atoms with E-state index in [9.17, 15) is 4.79 Å². The first-order valence-corrected chi connectivity index (χ1v) is 9.41. The van der Waals surface area contributed by atoms with E-state index in [0.717, 1.165) is 29.5 Å². The van der Waals surface area contributed by atoms with Crippen molar-refractivity contribution in [2.75, 3.05) is 0 Å². The molecule has 0 fully saturated rings. The van der Waals surface area contributed by atoms with Crippen LogP contribution >= 0.6 is 0 Å². The van der Waals surface area contributed by atoms with Crippen molar-refractivity contribution in [3.8, 4) is 0 Å². The van der Waals surface area contributed by atoms with Gasteiger partial charge in [-0.25, -0.2) is 4.79 Å². The van der Waals surface area contributed by atoms with E-state index in [2.05, 4.69) is 59.9 Å². The third-order valence-corrected chi connectivity index (χ3v) is 4.57. The molecule has 0 heterocycles. The molecule has 0 aliphatic heterocycles. The molecule has 0 bridgehead atoms.